The van der Waals surface area contributed by atoms with Gasteiger partial charge < -0.3 is 15.1 Å². The molecular weight excluding hydrogens is 418 g/mol. The molecule has 2 N–H and O–H groups in total. The Morgan fingerprint density at radius 3 is 2.42 bits per heavy atom. The zero-order valence-electron chi connectivity index (χ0n) is 19.1. The van der Waals surface area contributed by atoms with Crippen molar-refractivity contribution >= 4 is 23.4 Å². The average Bonchev–Trinajstić information content (AvgIpc) is 3.24. The number of fused-ring (bicyclic) bond motifs is 3. The molecule has 2 bridgehead atoms. The Hall–Kier alpha value is -2.45. The average molecular weight is 452 g/mol. The number of piperazine rings is 1. The number of amides is 3. The van der Waals surface area contributed by atoms with Crippen LogP contribution < -0.4 is 15.5 Å². The molecule has 0 radical (unpaired) electrons. The third kappa shape index (κ3) is 3.83. The number of carbonyl (C=O) groups excluding carboxylic acids is 3. The number of benzene rings is 1. The van der Waals surface area contributed by atoms with E-state index in [1.165, 1.54) is 37.9 Å². The minimum atomic E-state index is -0.555. The normalized spacial score (nSPS) is 30.7. The first-order chi connectivity index (χ1) is 16.1. The third-order valence-corrected chi connectivity index (χ3v) is 8.43. The fourth-order valence-corrected chi connectivity index (χ4v) is 6.62. The van der Waals surface area contributed by atoms with Gasteiger partial charge in [-0.2, -0.15) is 0 Å². The van der Waals surface area contributed by atoms with Crippen molar-refractivity contribution in [1.29, 1.82) is 0 Å². The second kappa shape index (κ2) is 8.40. The summed E-state index contributed by atoms with van der Waals surface area (Å²) < 4.78 is 0. The molecule has 6 rings (SSSR count). The first kappa shape index (κ1) is 21.1. The fourth-order valence-electron chi connectivity index (χ4n) is 6.62. The van der Waals surface area contributed by atoms with Crippen LogP contribution in [0.4, 0.5) is 5.69 Å². The highest BCUT2D eigenvalue weighted by molar-refractivity contribution is 6.05. The summed E-state index contributed by atoms with van der Waals surface area (Å²) in [5, 5.41) is 5.86. The van der Waals surface area contributed by atoms with Gasteiger partial charge in [-0.3, -0.25) is 24.6 Å². The second-order valence-electron chi connectivity index (χ2n) is 10.4. The molecule has 1 aromatic carbocycles. The molecule has 3 amide bonds. The molecule has 3 atom stereocenters. The van der Waals surface area contributed by atoms with E-state index in [9.17, 15) is 14.4 Å². The number of hydrogen-bond donors (Lipinski definition) is 2. The summed E-state index contributed by atoms with van der Waals surface area (Å²) in [6.45, 7) is 6.09. The van der Waals surface area contributed by atoms with Crippen molar-refractivity contribution in [3.63, 3.8) is 0 Å². The van der Waals surface area contributed by atoms with Gasteiger partial charge in [0.25, 0.3) is 5.91 Å². The summed E-state index contributed by atoms with van der Waals surface area (Å²) >= 11 is 0. The molecule has 5 heterocycles. The predicted molar refractivity (Wildman–Crippen MR) is 124 cm³/mol. The van der Waals surface area contributed by atoms with Gasteiger partial charge >= 0.3 is 0 Å². The summed E-state index contributed by atoms with van der Waals surface area (Å²) in [5.41, 5.74) is 2.87. The largest absolute Gasteiger partial charge is 0.368 e. The van der Waals surface area contributed by atoms with Gasteiger partial charge in [-0.15, -0.1) is 0 Å². The molecule has 1 aromatic rings. The molecule has 4 fully saturated rings. The van der Waals surface area contributed by atoms with E-state index in [1.807, 2.05) is 6.07 Å². The van der Waals surface area contributed by atoms with Crippen LogP contribution in [0, 0.1) is 5.92 Å². The quantitative estimate of drug-likeness (QED) is 0.667. The van der Waals surface area contributed by atoms with E-state index in [4.69, 9.17) is 0 Å². The molecule has 5 aliphatic rings. The first-order valence-electron chi connectivity index (χ1n) is 12.6. The number of carbonyl (C=O) groups is 3. The monoisotopic (exact) mass is 451 g/mol. The highest BCUT2D eigenvalue weighted by Crippen LogP contribution is 2.36. The molecule has 0 aromatic heterocycles. The number of hydrogen-bond acceptors (Lipinski definition) is 6. The number of piperidine rings is 2. The van der Waals surface area contributed by atoms with E-state index in [2.05, 4.69) is 32.6 Å². The smallest absolute Gasteiger partial charge is 0.255 e. The van der Waals surface area contributed by atoms with Crippen molar-refractivity contribution in [2.75, 3.05) is 37.6 Å². The molecule has 3 unspecified atom stereocenters. The molecule has 0 saturated carbocycles. The lowest BCUT2D eigenvalue weighted by Crippen LogP contribution is -2.55. The highest BCUT2D eigenvalue weighted by Gasteiger charge is 2.42. The zero-order valence-corrected chi connectivity index (χ0v) is 19.1. The van der Waals surface area contributed by atoms with Crippen molar-refractivity contribution in [1.82, 2.24) is 20.4 Å². The van der Waals surface area contributed by atoms with Crippen LogP contribution in [0.15, 0.2) is 18.2 Å². The summed E-state index contributed by atoms with van der Waals surface area (Å²) in [7, 11) is 0. The predicted octanol–water partition coefficient (Wildman–Crippen LogP) is 1.10. The number of nitrogens with one attached hydrogen (secondary N) is 2. The van der Waals surface area contributed by atoms with Gasteiger partial charge in [-0.25, -0.2) is 0 Å². The summed E-state index contributed by atoms with van der Waals surface area (Å²) in [4.78, 5) is 43.7. The van der Waals surface area contributed by atoms with Gasteiger partial charge in [0.05, 0.1) is 0 Å². The molecule has 8 nitrogen and oxygen atoms in total. The Labute approximate surface area is 194 Å². The van der Waals surface area contributed by atoms with E-state index >= 15 is 0 Å². The number of imide groups is 1. The van der Waals surface area contributed by atoms with Gasteiger partial charge in [0, 0.05) is 55.9 Å². The van der Waals surface area contributed by atoms with Crippen LogP contribution in [0.2, 0.25) is 0 Å². The SMILES string of the molecule is O=C1CCC(N2Cc3cc(N4CC5CCC(C4)N5CC4CCNCC4)ccc3C2=O)C(=O)N1. The first-order valence-corrected chi connectivity index (χ1v) is 12.6. The van der Waals surface area contributed by atoms with Gasteiger partial charge in [-0.05, 0) is 74.9 Å². The maximum atomic E-state index is 13.0. The lowest BCUT2D eigenvalue weighted by atomic mass is 9.96. The van der Waals surface area contributed by atoms with Crippen molar-refractivity contribution in [2.24, 2.45) is 5.92 Å². The van der Waals surface area contributed by atoms with E-state index in [1.54, 1.807) is 4.90 Å². The standard InChI is InChI=1S/C25H33N5O3/c31-23-6-5-22(24(32)27-23)30-13-17-11-18(3-4-21(17)25(30)33)28-14-19-1-2-20(15-28)29(19)12-16-7-9-26-10-8-16/h3-4,11,16,19-20,22,26H,1-2,5-10,12-15H2,(H,27,31,32). The maximum Gasteiger partial charge on any atom is 0.255 e. The van der Waals surface area contributed by atoms with Gasteiger partial charge in [0.15, 0.2) is 0 Å². The molecule has 4 saturated heterocycles. The lowest BCUT2D eigenvalue weighted by Gasteiger charge is -2.44. The van der Waals surface area contributed by atoms with Crippen molar-refractivity contribution < 1.29 is 14.4 Å². The topological polar surface area (TPSA) is 85.0 Å². The Morgan fingerprint density at radius 2 is 1.70 bits per heavy atom. The van der Waals surface area contributed by atoms with Crippen LogP contribution in [-0.2, 0) is 16.1 Å². The van der Waals surface area contributed by atoms with Crippen LogP contribution >= 0.6 is 0 Å². The maximum absolute atomic E-state index is 13.0. The lowest BCUT2D eigenvalue weighted by molar-refractivity contribution is -0.136. The third-order valence-electron chi connectivity index (χ3n) is 8.43. The Kier molecular flexibility index (Phi) is 5.37. The minimum absolute atomic E-state index is 0.0992. The van der Waals surface area contributed by atoms with Crippen LogP contribution in [0.25, 0.3) is 0 Å². The number of rotatable bonds is 4. The van der Waals surface area contributed by atoms with Crippen LogP contribution in [0.1, 0.15) is 54.4 Å². The van der Waals surface area contributed by atoms with Crippen LogP contribution in [0.3, 0.4) is 0 Å². The van der Waals surface area contributed by atoms with Gasteiger partial charge in [-0.1, -0.05) is 0 Å². The summed E-state index contributed by atoms with van der Waals surface area (Å²) in [5.74, 6) is 0.119. The molecule has 0 spiro atoms. The highest BCUT2D eigenvalue weighted by atomic mass is 16.2. The van der Waals surface area contributed by atoms with Gasteiger partial charge in [0.1, 0.15) is 6.04 Å². The molecule has 176 valence electrons. The zero-order chi connectivity index (χ0) is 22.5. The van der Waals surface area contributed by atoms with E-state index < -0.39 is 6.04 Å². The van der Waals surface area contributed by atoms with Crippen LogP contribution in [-0.4, -0.2) is 78.4 Å². The van der Waals surface area contributed by atoms with Gasteiger partial charge in [0.2, 0.25) is 11.8 Å². The molecule has 0 aliphatic carbocycles. The molecule has 8 heteroatoms. The van der Waals surface area contributed by atoms with Crippen molar-refractivity contribution in [3.8, 4) is 0 Å². The van der Waals surface area contributed by atoms with E-state index in [-0.39, 0.29) is 24.1 Å². The molecule has 5 aliphatic heterocycles. The minimum Gasteiger partial charge on any atom is -0.368 e. The number of anilines is 1. The summed E-state index contributed by atoms with van der Waals surface area (Å²) in [6, 6.07) is 6.85. The summed E-state index contributed by atoms with van der Waals surface area (Å²) in [6.07, 6.45) is 5.83. The Balaban J connectivity index is 1.14. The van der Waals surface area contributed by atoms with Crippen molar-refractivity contribution in [3.05, 3.63) is 29.3 Å². The van der Waals surface area contributed by atoms with Crippen molar-refractivity contribution in [2.45, 2.75) is 63.2 Å². The number of nitrogens with zero attached hydrogens (tertiary/aromatic N) is 3. The second-order valence-corrected chi connectivity index (χ2v) is 10.4. The molecular formula is C25H33N5O3. The van der Waals surface area contributed by atoms with E-state index in [0.717, 1.165) is 37.7 Å². The molecule has 33 heavy (non-hydrogen) atoms. The Morgan fingerprint density at radius 1 is 0.939 bits per heavy atom. The van der Waals surface area contributed by atoms with E-state index in [0.29, 0.717) is 30.6 Å². The van der Waals surface area contributed by atoms with Crippen LogP contribution in [0.5, 0.6) is 0 Å². The Bertz CT molecular complexity index is 961. The fraction of sp³-hybridized carbons (Fsp3) is 0.640.